The lowest BCUT2D eigenvalue weighted by molar-refractivity contribution is 0.608. The predicted molar refractivity (Wildman–Crippen MR) is 82.4 cm³/mol. The summed E-state index contributed by atoms with van der Waals surface area (Å²) in [5, 5.41) is 0. The summed E-state index contributed by atoms with van der Waals surface area (Å²) in [5.41, 5.74) is 0. The van der Waals surface area contributed by atoms with Crippen molar-refractivity contribution in [1.29, 1.82) is 0 Å². The maximum atomic E-state index is 12.0. The number of hydrogen-bond acceptors (Lipinski definition) is 6. The van der Waals surface area contributed by atoms with Gasteiger partial charge in [-0.15, -0.1) is 0 Å². The molecule has 0 radical (unpaired) electrons. The van der Waals surface area contributed by atoms with Crippen LogP contribution in [0.15, 0.2) is 70.5 Å². The summed E-state index contributed by atoms with van der Waals surface area (Å²) >= 11 is 0. The molecule has 0 aliphatic rings. The van der Waals surface area contributed by atoms with E-state index < -0.39 is 17.7 Å². The average Bonchev–Trinajstić information content (AvgIpc) is 2.47. The summed E-state index contributed by atoms with van der Waals surface area (Å²) in [7, 11) is -6.73. The van der Waals surface area contributed by atoms with Crippen LogP contribution in [0.3, 0.4) is 0 Å². The van der Waals surface area contributed by atoms with Crippen LogP contribution in [0.25, 0.3) is 0 Å². The summed E-state index contributed by atoms with van der Waals surface area (Å²) in [6.45, 7) is 0. The van der Waals surface area contributed by atoms with Gasteiger partial charge in [-0.25, -0.2) is 16.8 Å². The molecule has 2 aromatic carbocycles. The maximum Gasteiger partial charge on any atom is 0.240 e. The van der Waals surface area contributed by atoms with E-state index >= 15 is 0 Å². The van der Waals surface area contributed by atoms with E-state index in [0.717, 1.165) is 0 Å². The van der Waals surface area contributed by atoms with Gasteiger partial charge in [-0.05, 0) is 24.3 Å². The van der Waals surface area contributed by atoms with Gasteiger partial charge in [-0.1, -0.05) is 36.4 Å². The van der Waals surface area contributed by atoms with Crippen LogP contribution >= 0.6 is 19.7 Å². The fourth-order valence-corrected chi connectivity index (χ4v) is 10.9. The monoisotopic (exact) mass is 346 g/mol. The Hall–Kier alpha value is -0.960. The Kier molecular flexibility index (Phi) is 4.79. The molecule has 0 saturated heterocycles. The maximum absolute atomic E-state index is 12.0. The summed E-state index contributed by atoms with van der Waals surface area (Å²) in [5.74, 6) is 0. The van der Waals surface area contributed by atoms with E-state index in [4.69, 9.17) is 0 Å². The summed E-state index contributed by atoms with van der Waals surface area (Å²) in [6.07, 6.45) is 0. The van der Waals surface area contributed by atoms with Crippen molar-refractivity contribution >= 4 is 37.4 Å². The van der Waals surface area contributed by atoms with E-state index in [-0.39, 0.29) is 9.79 Å². The van der Waals surface area contributed by atoms with Gasteiger partial charge in [0, 0.05) is 0 Å². The highest BCUT2D eigenvalue weighted by molar-refractivity contribution is 9.23. The van der Waals surface area contributed by atoms with Crippen LogP contribution < -0.4 is 0 Å². The number of rotatable bonds is 5. The van der Waals surface area contributed by atoms with Crippen molar-refractivity contribution < 1.29 is 16.8 Å². The highest BCUT2D eigenvalue weighted by Crippen LogP contribution is 2.40. The van der Waals surface area contributed by atoms with Crippen molar-refractivity contribution in [2.24, 2.45) is 0 Å². The molecule has 0 spiro atoms. The Bertz CT molecular complexity index is 699. The molecule has 0 aliphatic carbocycles. The van der Waals surface area contributed by atoms with E-state index in [1.807, 2.05) is 0 Å². The van der Waals surface area contributed by atoms with Gasteiger partial charge in [0.1, 0.15) is 0 Å². The first kappa shape index (κ1) is 15.4. The van der Waals surface area contributed by atoms with E-state index in [1.165, 1.54) is 24.3 Å². The fraction of sp³-hybridized carbons (Fsp3) is 0. The molecule has 0 heterocycles. The van der Waals surface area contributed by atoms with Gasteiger partial charge < -0.3 is 0 Å². The normalized spacial score (nSPS) is 12.2. The third kappa shape index (κ3) is 3.78. The van der Waals surface area contributed by atoms with Crippen LogP contribution in [0.1, 0.15) is 0 Å². The van der Waals surface area contributed by atoms with Gasteiger partial charge in [-0.3, -0.25) is 0 Å². The molecule has 0 aromatic heterocycles. The lowest BCUT2D eigenvalue weighted by Gasteiger charge is -2.04. The Morgan fingerprint density at radius 2 is 0.850 bits per heavy atom. The number of benzene rings is 2. The molecule has 2 rings (SSSR count). The molecule has 2 aromatic rings. The van der Waals surface area contributed by atoms with Crippen LogP contribution in [0.5, 0.6) is 0 Å². The quantitative estimate of drug-likeness (QED) is 0.775. The van der Waals surface area contributed by atoms with Gasteiger partial charge in [0.05, 0.1) is 29.4 Å². The summed E-state index contributed by atoms with van der Waals surface area (Å²) in [4.78, 5) is 0.168. The Morgan fingerprint density at radius 1 is 0.550 bits per heavy atom. The van der Waals surface area contributed by atoms with Gasteiger partial charge in [0.25, 0.3) is 0 Å². The van der Waals surface area contributed by atoms with Gasteiger partial charge in [0.2, 0.25) is 17.7 Å². The molecule has 0 fully saturated rings. The minimum absolute atomic E-state index is 0.0840. The molecule has 20 heavy (non-hydrogen) atoms. The molecule has 0 unspecified atom stereocenters. The van der Waals surface area contributed by atoms with Gasteiger partial charge in [0.15, 0.2) is 0 Å². The Balaban J connectivity index is 2.17. The lowest BCUT2D eigenvalue weighted by atomic mass is 10.4. The van der Waals surface area contributed by atoms with Crippen molar-refractivity contribution in [3.63, 3.8) is 0 Å². The minimum Gasteiger partial charge on any atom is -0.211 e. The van der Waals surface area contributed by atoms with Crippen LogP contribution in [0.2, 0.25) is 0 Å². The first-order valence-corrected chi connectivity index (χ1v) is 11.5. The van der Waals surface area contributed by atoms with E-state index in [9.17, 15) is 16.8 Å². The lowest BCUT2D eigenvalue weighted by Crippen LogP contribution is -1.97. The Labute approximate surface area is 124 Å². The average molecular weight is 346 g/mol. The van der Waals surface area contributed by atoms with E-state index in [2.05, 4.69) is 0 Å². The highest BCUT2D eigenvalue weighted by atomic mass is 33.7. The zero-order chi connectivity index (χ0) is 14.6. The third-order valence-electron chi connectivity index (χ3n) is 2.27. The molecule has 0 aliphatic heterocycles. The summed E-state index contributed by atoms with van der Waals surface area (Å²) < 4.78 is 48.0. The number of hydrogen-bond donors (Lipinski definition) is 0. The van der Waals surface area contributed by atoms with Crippen LogP contribution in [-0.4, -0.2) is 16.8 Å². The largest absolute Gasteiger partial charge is 0.240 e. The van der Waals surface area contributed by atoms with Crippen molar-refractivity contribution in [2.75, 3.05) is 0 Å². The van der Waals surface area contributed by atoms with Crippen LogP contribution in [0.4, 0.5) is 0 Å². The Morgan fingerprint density at radius 3 is 1.15 bits per heavy atom. The van der Waals surface area contributed by atoms with Crippen molar-refractivity contribution in [3.8, 4) is 0 Å². The second kappa shape index (κ2) is 6.21. The minimum atomic E-state index is -3.70. The molecule has 4 nitrogen and oxygen atoms in total. The zero-order valence-corrected chi connectivity index (χ0v) is 13.3. The topological polar surface area (TPSA) is 68.3 Å². The van der Waals surface area contributed by atoms with Crippen molar-refractivity contribution in [2.45, 2.75) is 9.79 Å². The molecule has 0 amide bonds. The van der Waals surface area contributed by atoms with Gasteiger partial charge >= 0.3 is 0 Å². The fourth-order valence-electron chi connectivity index (χ4n) is 1.33. The molecular weight excluding hydrogens is 336 g/mol. The SMILES string of the molecule is O=S(=O)(SSS(=O)(=O)c1ccccc1)c1ccccc1. The van der Waals surface area contributed by atoms with Crippen molar-refractivity contribution in [1.82, 2.24) is 0 Å². The third-order valence-corrected chi connectivity index (χ3v) is 12.0. The smallest absolute Gasteiger partial charge is 0.211 e. The molecule has 0 atom stereocenters. The first-order valence-electron chi connectivity index (χ1n) is 5.40. The molecule has 8 heteroatoms. The predicted octanol–water partition coefficient (Wildman–Crippen LogP) is 3.15. The molecule has 0 saturated carbocycles. The molecule has 0 N–H and O–H groups in total. The zero-order valence-electron chi connectivity index (χ0n) is 10.0. The summed E-state index contributed by atoms with van der Waals surface area (Å²) in [6, 6.07) is 15.4. The van der Waals surface area contributed by atoms with E-state index in [0.29, 0.717) is 19.7 Å². The highest BCUT2D eigenvalue weighted by Gasteiger charge is 2.23. The molecule has 106 valence electrons. The second-order valence-corrected chi connectivity index (χ2v) is 12.6. The first-order chi connectivity index (χ1) is 9.42. The van der Waals surface area contributed by atoms with Gasteiger partial charge in [-0.2, -0.15) is 0 Å². The molecule has 0 bridgehead atoms. The van der Waals surface area contributed by atoms with E-state index in [1.54, 1.807) is 36.4 Å². The van der Waals surface area contributed by atoms with Crippen molar-refractivity contribution in [3.05, 3.63) is 60.7 Å². The van der Waals surface area contributed by atoms with Crippen LogP contribution in [-0.2, 0) is 17.7 Å². The standard InChI is InChI=1S/C12H10O4S4/c13-19(14,11-7-3-1-4-8-11)17-18-20(15,16)12-9-5-2-6-10-12/h1-10H. The second-order valence-electron chi connectivity index (χ2n) is 3.67. The molecular formula is C12H10O4S4. The van der Waals surface area contributed by atoms with Crippen LogP contribution in [0, 0.1) is 0 Å².